The van der Waals surface area contributed by atoms with Gasteiger partial charge in [0.1, 0.15) is 6.07 Å². The summed E-state index contributed by atoms with van der Waals surface area (Å²) in [7, 11) is 2.79. The number of rotatable bonds is 3. The first-order chi connectivity index (χ1) is 7.62. The number of hydrogen-bond acceptors (Lipinski definition) is 5. The average molecular weight is 220 g/mol. The van der Waals surface area contributed by atoms with E-state index in [0.29, 0.717) is 22.7 Å². The number of pyridine rings is 1. The van der Waals surface area contributed by atoms with Gasteiger partial charge in [-0.25, -0.2) is 4.98 Å². The number of carbonyl (C=O) groups excluding carboxylic acids is 1. The Kier molecular flexibility index (Phi) is 3.84. The number of carbonyl (C=O) groups is 1. The lowest BCUT2D eigenvalue weighted by Gasteiger charge is -2.07. The second kappa shape index (κ2) is 5.12. The Bertz CT molecular complexity index is 449. The highest BCUT2D eigenvalue weighted by Gasteiger charge is 2.13. The van der Waals surface area contributed by atoms with Gasteiger partial charge in [-0.15, -0.1) is 0 Å². The topological polar surface area (TPSA) is 72.2 Å². The third-order valence-electron chi connectivity index (χ3n) is 2.14. The lowest BCUT2D eigenvalue weighted by atomic mass is 10.1. The molecule has 0 aliphatic heterocycles. The van der Waals surface area contributed by atoms with Crippen LogP contribution in [0.1, 0.15) is 16.8 Å². The van der Waals surface area contributed by atoms with E-state index in [-0.39, 0.29) is 6.42 Å². The highest BCUT2D eigenvalue weighted by atomic mass is 16.5. The van der Waals surface area contributed by atoms with Crippen molar-refractivity contribution in [2.24, 2.45) is 0 Å². The van der Waals surface area contributed by atoms with Gasteiger partial charge in [-0.05, 0) is 12.5 Å². The molecule has 0 amide bonds. The summed E-state index contributed by atoms with van der Waals surface area (Å²) in [4.78, 5) is 15.2. The molecule has 0 N–H and O–H groups in total. The molecule has 16 heavy (non-hydrogen) atoms. The lowest BCUT2D eigenvalue weighted by Crippen LogP contribution is -2.08. The van der Waals surface area contributed by atoms with Crippen LogP contribution in [0.25, 0.3) is 0 Å². The molecule has 0 radical (unpaired) electrons. The minimum atomic E-state index is -0.399. The first-order valence-electron chi connectivity index (χ1n) is 4.63. The van der Waals surface area contributed by atoms with E-state index in [4.69, 9.17) is 10.00 Å². The molecule has 0 unspecified atom stereocenters. The van der Waals surface area contributed by atoms with Crippen LogP contribution < -0.4 is 4.74 Å². The maximum Gasteiger partial charge on any atom is 0.310 e. The normalized spacial score (nSPS) is 9.38. The zero-order valence-corrected chi connectivity index (χ0v) is 9.40. The van der Waals surface area contributed by atoms with Gasteiger partial charge in [0.2, 0.25) is 5.88 Å². The molecule has 1 aromatic heterocycles. The quantitative estimate of drug-likeness (QED) is 0.710. The molecule has 0 spiro atoms. The van der Waals surface area contributed by atoms with Crippen LogP contribution in [0.4, 0.5) is 0 Å². The fourth-order valence-electron chi connectivity index (χ4n) is 1.33. The number of aryl methyl sites for hydroxylation is 1. The number of nitriles is 1. The van der Waals surface area contributed by atoms with Crippen molar-refractivity contribution in [3.05, 3.63) is 22.9 Å². The summed E-state index contributed by atoms with van der Waals surface area (Å²) in [5, 5.41) is 8.97. The van der Waals surface area contributed by atoms with Gasteiger partial charge in [0.25, 0.3) is 0 Å². The van der Waals surface area contributed by atoms with Crippen LogP contribution in [0, 0.1) is 18.3 Å². The zero-order valence-electron chi connectivity index (χ0n) is 9.40. The molecule has 0 aromatic carbocycles. The highest BCUT2D eigenvalue weighted by molar-refractivity contribution is 5.73. The van der Waals surface area contributed by atoms with E-state index in [0.717, 1.165) is 0 Å². The van der Waals surface area contributed by atoms with Crippen molar-refractivity contribution in [1.29, 1.82) is 5.26 Å². The van der Waals surface area contributed by atoms with E-state index in [1.54, 1.807) is 13.0 Å². The van der Waals surface area contributed by atoms with Crippen LogP contribution in [-0.4, -0.2) is 25.2 Å². The molecule has 0 aliphatic rings. The summed E-state index contributed by atoms with van der Waals surface area (Å²) < 4.78 is 9.54. The molecule has 1 aromatic rings. The van der Waals surface area contributed by atoms with Crippen molar-refractivity contribution < 1.29 is 14.3 Å². The molecule has 84 valence electrons. The van der Waals surface area contributed by atoms with Gasteiger partial charge in [-0.2, -0.15) is 5.26 Å². The van der Waals surface area contributed by atoms with Crippen LogP contribution >= 0.6 is 0 Å². The molecular formula is C11H12N2O3. The van der Waals surface area contributed by atoms with Gasteiger partial charge in [-0.3, -0.25) is 4.79 Å². The molecule has 5 heteroatoms. The molecule has 1 rings (SSSR count). The maximum absolute atomic E-state index is 11.2. The Morgan fingerprint density at radius 1 is 1.56 bits per heavy atom. The van der Waals surface area contributed by atoms with Crippen LogP contribution in [0.15, 0.2) is 6.07 Å². The Hall–Kier alpha value is -2.09. The number of methoxy groups -OCH3 is 2. The number of ether oxygens (including phenoxy) is 2. The van der Waals surface area contributed by atoms with E-state index in [2.05, 4.69) is 9.72 Å². The largest absolute Gasteiger partial charge is 0.481 e. The molecule has 0 saturated heterocycles. The van der Waals surface area contributed by atoms with E-state index in [1.165, 1.54) is 14.2 Å². The summed E-state index contributed by atoms with van der Waals surface area (Å²) in [6.07, 6.45) is 0.0408. The third-order valence-corrected chi connectivity index (χ3v) is 2.14. The van der Waals surface area contributed by atoms with Crippen molar-refractivity contribution in [3.63, 3.8) is 0 Å². The van der Waals surface area contributed by atoms with Crippen molar-refractivity contribution >= 4 is 5.97 Å². The number of nitrogens with zero attached hydrogens (tertiary/aromatic N) is 2. The molecule has 0 bridgehead atoms. The number of esters is 1. The number of hydrogen-bond donors (Lipinski definition) is 0. The van der Waals surface area contributed by atoms with Crippen LogP contribution in [0.3, 0.4) is 0 Å². The highest BCUT2D eigenvalue weighted by Crippen LogP contribution is 2.18. The fraction of sp³-hybridized carbons (Fsp3) is 0.364. The standard InChI is InChI=1S/C11H12N2O3/c1-7-9(6-12)8(5-11(14)16-3)4-10(13-7)15-2/h4H,5H2,1-3H3. The smallest absolute Gasteiger partial charge is 0.310 e. The minimum Gasteiger partial charge on any atom is -0.481 e. The van der Waals surface area contributed by atoms with E-state index in [1.807, 2.05) is 6.07 Å². The second-order valence-corrected chi connectivity index (χ2v) is 3.15. The second-order valence-electron chi connectivity index (χ2n) is 3.15. The van der Waals surface area contributed by atoms with E-state index >= 15 is 0 Å². The van der Waals surface area contributed by atoms with Gasteiger partial charge in [0, 0.05) is 6.07 Å². The maximum atomic E-state index is 11.2. The van der Waals surface area contributed by atoms with Gasteiger partial charge in [0.05, 0.1) is 31.9 Å². The van der Waals surface area contributed by atoms with Crippen LogP contribution in [-0.2, 0) is 16.0 Å². The van der Waals surface area contributed by atoms with Gasteiger partial charge in [-0.1, -0.05) is 0 Å². The summed E-state index contributed by atoms with van der Waals surface area (Å²) >= 11 is 0. The van der Waals surface area contributed by atoms with E-state index in [9.17, 15) is 4.79 Å². The molecule has 0 fully saturated rings. The lowest BCUT2D eigenvalue weighted by molar-refractivity contribution is -0.139. The average Bonchev–Trinajstić information content (AvgIpc) is 2.28. The van der Waals surface area contributed by atoms with Crippen molar-refractivity contribution in [1.82, 2.24) is 4.98 Å². The molecule has 5 nitrogen and oxygen atoms in total. The minimum absolute atomic E-state index is 0.0408. The number of aromatic nitrogens is 1. The Morgan fingerprint density at radius 2 is 2.25 bits per heavy atom. The zero-order chi connectivity index (χ0) is 12.1. The summed E-state index contributed by atoms with van der Waals surface area (Å²) in [6.45, 7) is 1.70. The summed E-state index contributed by atoms with van der Waals surface area (Å²) in [5.41, 5.74) is 1.51. The SMILES string of the molecule is COC(=O)Cc1cc(OC)nc(C)c1C#N. The Morgan fingerprint density at radius 3 is 2.75 bits per heavy atom. The Balaban J connectivity index is 3.19. The van der Waals surface area contributed by atoms with Crippen molar-refractivity contribution in [2.75, 3.05) is 14.2 Å². The van der Waals surface area contributed by atoms with Gasteiger partial charge in [0.15, 0.2) is 0 Å². The van der Waals surface area contributed by atoms with Gasteiger partial charge < -0.3 is 9.47 Å². The summed E-state index contributed by atoms with van der Waals surface area (Å²) in [6, 6.07) is 3.59. The fourth-order valence-corrected chi connectivity index (χ4v) is 1.33. The van der Waals surface area contributed by atoms with Crippen molar-refractivity contribution in [2.45, 2.75) is 13.3 Å². The first kappa shape index (κ1) is 12.0. The third kappa shape index (κ3) is 2.48. The molecule has 1 heterocycles. The Labute approximate surface area is 93.6 Å². The molecule has 0 atom stereocenters. The predicted molar refractivity (Wildman–Crippen MR) is 56.0 cm³/mol. The van der Waals surface area contributed by atoms with Crippen LogP contribution in [0.2, 0.25) is 0 Å². The summed E-state index contributed by atoms with van der Waals surface area (Å²) in [5.74, 6) is -0.0143. The van der Waals surface area contributed by atoms with Crippen molar-refractivity contribution in [3.8, 4) is 11.9 Å². The molecule has 0 aliphatic carbocycles. The first-order valence-corrected chi connectivity index (χ1v) is 4.63. The monoisotopic (exact) mass is 220 g/mol. The van der Waals surface area contributed by atoms with Gasteiger partial charge >= 0.3 is 5.97 Å². The molecule has 0 saturated carbocycles. The van der Waals surface area contributed by atoms with E-state index < -0.39 is 5.97 Å². The molecular weight excluding hydrogens is 208 g/mol. The predicted octanol–water partition coefficient (Wildman–Crippen LogP) is 0.986. The van der Waals surface area contributed by atoms with Crippen LogP contribution in [0.5, 0.6) is 5.88 Å².